The molecular weight excluding hydrogens is 296 g/mol. The number of ether oxygens (including phenoxy) is 1. The van der Waals surface area contributed by atoms with Crippen molar-refractivity contribution in [2.75, 3.05) is 11.8 Å². The van der Waals surface area contributed by atoms with E-state index in [9.17, 15) is 18.5 Å². The Morgan fingerprint density at radius 3 is 2.52 bits per heavy atom. The van der Waals surface area contributed by atoms with E-state index in [0.29, 0.717) is 11.4 Å². The van der Waals surface area contributed by atoms with Gasteiger partial charge in [-0.1, -0.05) is 12.1 Å². The minimum Gasteiger partial charge on any atom is -0.497 e. The van der Waals surface area contributed by atoms with Gasteiger partial charge >= 0.3 is 0 Å². The minimum atomic E-state index is -3.90. The second-order valence-corrected chi connectivity index (χ2v) is 5.77. The molecule has 1 N–H and O–H groups in total. The molecule has 0 saturated heterocycles. The Bertz CT molecular complexity index is 774. The molecule has 0 heterocycles. The van der Waals surface area contributed by atoms with Crippen LogP contribution in [0.15, 0.2) is 53.4 Å². The van der Waals surface area contributed by atoms with E-state index in [4.69, 9.17) is 4.74 Å². The van der Waals surface area contributed by atoms with Crippen LogP contribution in [0, 0.1) is 10.1 Å². The van der Waals surface area contributed by atoms with Gasteiger partial charge in [0.15, 0.2) is 0 Å². The molecule has 0 radical (unpaired) electrons. The number of benzene rings is 2. The van der Waals surface area contributed by atoms with E-state index >= 15 is 0 Å². The Kier molecular flexibility index (Phi) is 4.08. The van der Waals surface area contributed by atoms with Crippen molar-refractivity contribution in [2.45, 2.75) is 4.90 Å². The molecule has 21 heavy (non-hydrogen) atoms. The van der Waals surface area contributed by atoms with Crippen molar-refractivity contribution >= 4 is 21.4 Å². The summed E-state index contributed by atoms with van der Waals surface area (Å²) in [7, 11) is -2.44. The summed E-state index contributed by atoms with van der Waals surface area (Å²) in [5.74, 6) is 0.495. The smallest absolute Gasteiger partial charge is 0.270 e. The fraction of sp³-hybridized carbons (Fsp3) is 0.0769. The normalized spacial score (nSPS) is 10.9. The summed E-state index contributed by atoms with van der Waals surface area (Å²) in [6.45, 7) is 0. The number of hydrogen-bond donors (Lipinski definition) is 1. The zero-order valence-corrected chi connectivity index (χ0v) is 11.8. The van der Waals surface area contributed by atoms with Gasteiger partial charge in [-0.15, -0.1) is 0 Å². The van der Waals surface area contributed by atoms with Gasteiger partial charge < -0.3 is 4.74 Å². The van der Waals surface area contributed by atoms with E-state index in [2.05, 4.69) is 4.72 Å². The average Bonchev–Trinajstić information content (AvgIpc) is 2.47. The molecule has 0 atom stereocenters. The van der Waals surface area contributed by atoms with E-state index in [-0.39, 0.29) is 10.6 Å². The summed E-state index contributed by atoms with van der Waals surface area (Å²) in [4.78, 5) is 9.87. The van der Waals surface area contributed by atoms with Gasteiger partial charge in [-0.25, -0.2) is 8.42 Å². The number of nitro groups is 1. The molecule has 0 saturated carbocycles. The zero-order valence-electron chi connectivity index (χ0n) is 11.0. The SMILES string of the molecule is COc1cccc(NS(=O)(=O)c2cccc([N+](=O)[O-])c2)c1. The van der Waals surface area contributed by atoms with Gasteiger partial charge in [0.25, 0.3) is 15.7 Å². The number of sulfonamides is 1. The van der Waals surface area contributed by atoms with E-state index < -0.39 is 14.9 Å². The van der Waals surface area contributed by atoms with Crippen molar-refractivity contribution < 1.29 is 18.1 Å². The van der Waals surface area contributed by atoms with Crippen LogP contribution < -0.4 is 9.46 Å². The highest BCUT2D eigenvalue weighted by Crippen LogP contribution is 2.22. The number of nitro benzene ring substituents is 1. The number of nitrogens with zero attached hydrogens (tertiary/aromatic N) is 1. The van der Waals surface area contributed by atoms with Crippen molar-refractivity contribution in [3.8, 4) is 5.75 Å². The second kappa shape index (κ2) is 5.80. The predicted molar refractivity (Wildman–Crippen MR) is 76.9 cm³/mol. The Morgan fingerprint density at radius 1 is 1.14 bits per heavy atom. The van der Waals surface area contributed by atoms with Gasteiger partial charge in [-0.2, -0.15) is 0 Å². The summed E-state index contributed by atoms with van der Waals surface area (Å²) in [5.41, 5.74) is 0.0179. The standard InChI is InChI=1S/C13H12N2O5S/c1-20-12-6-2-4-10(8-12)14-21(18,19)13-7-3-5-11(9-13)15(16)17/h2-9,14H,1H3. The lowest BCUT2D eigenvalue weighted by Gasteiger charge is -2.09. The average molecular weight is 308 g/mol. The molecule has 0 aliphatic carbocycles. The van der Waals surface area contributed by atoms with Gasteiger partial charge in [-0.3, -0.25) is 14.8 Å². The molecule has 8 heteroatoms. The summed E-state index contributed by atoms with van der Waals surface area (Å²) in [6, 6.07) is 11.2. The van der Waals surface area contributed by atoms with Gasteiger partial charge in [0, 0.05) is 18.2 Å². The number of anilines is 1. The number of hydrogen-bond acceptors (Lipinski definition) is 5. The first-order chi connectivity index (χ1) is 9.92. The third-order valence-corrected chi connectivity index (χ3v) is 4.04. The summed E-state index contributed by atoms with van der Waals surface area (Å²) < 4.78 is 31.7. The molecule has 0 amide bonds. The summed E-state index contributed by atoms with van der Waals surface area (Å²) in [6.07, 6.45) is 0. The minimum absolute atomic E-state index is 0.181. The highest BCUT2D eigenvalue weighted by atomic mass is 32.2. The summed E-state index contributed by atoms with van der Waals surface area (Å²) >= 11 is 0. The molecule has 0 fully saturated rings. The summed E-state index contributed by atoms with van der Waals surface area (Å²) in [5, 5.41) is 10.7. The molecule has 7 nitrogen and oxygen atoms in total. The van der Waals surface area contributed by atoms with Crippen molar-refractivity contribution in [2.24, 2.45) is 0 Å². The molecule has 2 aromatic rings. The van der Waals surface area contributed by atoms with Crippen LogP contribution in [0.2, 0.25) is 0 Å². The first-order valence-corrected chi connectivity index (χ1v) is 7.32. The molecule has 110 valence electrons. The molecular formula is C13H12N2O5S. The van der Waals surface area contributed by atoms with Gasteiger partial charge in [0.2, 0.25) is 0 Å². The third-order valence-electron chi connectivity index (χ3n) is 2.66. The van der Waals surface area contributed by atoms with Crippen molar-refractivity contribution in [3.05, 3.63) is 58.6 Å². The maximum absolute atomic E-state index is 12.2. The lowest BCUT2D eigenvalue weighted by Crippen LogP contribution is -2.13. The molecule has 0 unspecified atom stereocenters. The van der Waals surface area contributed by atoms with E-state index in [1.54, 1.807) is 18.2 Å². The monoisotopic (exact) mass is 308 g/mol. The van der Waals surface area contributed by atoms with Crippen molar-refractivity contribution in [1.82, 2.24) is 0 Å². The number of nitrogens with one attached hydrogen (secondary N) is 1. The van der Waals surface area contributed by atoms with E-state index in [1.807, 2.05) is 0 Å². The van der Waals surface area contributed by atoms with Crippen LogP contribution in [0.3, 0.4) is 0 Å². The molecule has 0 spiro atoms. The fourth-order valence-corrected chi connectivity index (χ4v) is 2.75. The first-order valence-electron chi connectivity index (χ1n) is 5.84. The lowest BCUT2D eigenvalue weighted by atomic mass is 10.3. The topological polar surface area (TPSA) is 98.5 Å². The molecule has 2 rings (SSSR count). The van der Waals surface area contributed by atoms with Crippen molar-refractivity contribution in [1.29, 1.82) is 0 Å². The Hall–Kier alpha value is -2.61. The molecule has 2 aromatic carbocycles. The van der Waals surface area contributed by atoms with Crippen LogP contribution in [0.1, 0.15) is 0 Å². The molecule has 0 aliphatic rings. The molecule has 0 aliphatic heterocycles. The predicted octanol–water partition coefficient (Wildman–Crippen LogP) is 2.40. The Labute approximate surface area is 121 Å². The lowest BCUT2D eigenvalue weighted by molar-refractivity contribution is -0.385. The fourth-order valence-electron chi connectivity index (χ4n) is 1.66. The van der Waals surface area contributed by atoms with Gasteiger partial charge in [0.05, 0.1) is 22.6 Å². The third kappa shape index (κ3) is 3.48. The maximum atomic E-state index is 12.2. The second-order valence-electron chi connectivity index (χ2n) is 4.09. The molecule has 0 bridgehead atoms. The van der Waals surface area contributed by atoms with Gasteiger partial charge in [-0.05, 0) is 18.2 Å². The van der Waals surface area contributed by atoms with E-state index in [1.165, 1.54) is 31.4 Å². The Balaban J connectivity index is 2.33. The maximum Gasteiger partial charge on any atom is 0.270 e. The Morgan fingerprint density at radius 2 is 1.86 bits per heavy atom. The highest BCUT2D eigenvalue weighted by Gasteiger charge is 2.17. The number of rotatable bonds is 5. The van der Waals surface area contributed by atoms with Crippen LogP contribution in [-0.2, 0) is 10.0 Å². The highest BCUT2D eigenvalue weighted by molar-refractivity contribution is 7.92. The zero-order chi connectivity index (χ0) is 15.5. The largest absolute Gasteiger partial charge is 0.497 e. The van der Waals surface area contributed by atoms with Crippen LogP contribution in [0.4, 0.5) is 11.4 Å². The van der Waals surface area contributed by atoms with Gasteiger partial charge in [0.1, 0.15) is 5.75 Å². The van der Waals surface area contributed by atoms with Crippen LogP contribution in [-0.4, -0.2) is 20.5 Å². The molecule has 0 aromatic heterocycles. The van der Waals surface area contributed by atoms with Crippen LogP contribution in [0.5, 0.6) is 5.75 Å². The number of non-ortho nitro benzene ring substituents is 1. The number of methoxy groups -OCH3 is 1. The first kappa shape index (κ1) is 14.8. The van der Waals surface area contributed by atoms with Crippen LogP contribution >= 0.6 is 0 Å². The van der Waals surface area contributed by atoms with Crippen LogP contribution in [0.25, 0.3) is 0 Å². The quantitative estimate of drug-likeness (QED) is 0.675. The van der Waals surface area contributed by atoms with E-state index in [0.717, 1.165) is 6.07 Å². The van der Waals surface area contributed by atoms with Crippen molar-refractivity contribution in [3.63, 3.8) is 0 Å².